The smallest absolute Gasteiger partial charge is 0.314 e. The molecule has 2 atom stereocenters. The van der Waals surface area contributed by atoms with E-state index in [1.54, 1.807) is 21.0 Å². The first-order valence-electron chi connectivity index (χ1n) is 10.9. The number of anilines is 1. The minimum atomic E-state index is -0.937. The normalized spacial score (nSPS) is 14.9. The van der Waals surface area contributed by atoms with Gasteiger partial charge in [-0.15, -0.1) is 11.3 Å². The molecule has 0 saturated carbocycles. The fraction of sp³-hybridized carbons (Fsp3) is 0.455. The maximum absolute atomic E-state index is 13.0. The fourth-order valence-corrected chi connectivity index (χ4v) is 4.69. The van der Waals surface area contributed by atoms with Crippen molar-refractivity contribution in [1.82, 2.24) is 30.4 Å². The van der Waals surface area contributed by atoms with E-state index in [2.05, 4.69) is 30.8 Å². The lowest BCUT2D eigenvalue weighted by Gasteiger charge is -2.26. The second-order valence-corrected chi connectivity index (χ2v) is 10.0. The predicted molar refractivity (Wildman–Crippen MR) is 132 cm³/mol. The Morgan fingerprint density at radius 3 is 2.63 bits per heavy atom. The molecule has 13 heteroatoms. The molecular weight excluding hydrogens is 494 g/mol. The fourth-order valence-electron chi connectivity index (χ4n) is 3.49. The molecule has 0 saturated heterocycles. The molecule has 1 aliphatic heterocycles. The van der Waals surface area contributed by atoms with Crippen molar-refractivity contribution in [1.29, 1.82) is 0 Å². The van der Waals surface area contributed by atoms with Crippen LogP contribution in [0.5, 0.6) is 0 Å². The van der Waals surface area contributed by atoms with Gasteiger partial charge in [-0.2, -0.15) is 0 Å². The van der Waals surface area contributed by atoms with E-state index >= 15 is 0 Å². The Kier molecular flexibility index (Phi) is 8.76. The standard InChI is InChI=1S/C22H28ClN7O4S/c1-12(22(34)29(2)3)15(10-25-18(31)19(32)28-17-6-5-13(23)9-24-17)26-20(33)21-27-14-7-8-30(4)11-16(14)35-21/h5-6,9,12,15H,7-8,10-11H2,1-4H3,(H,25,31)(H,26,33)(H,24,28,32)/t12?,15-/m0/s1. The minimum absolute atomic E-state index is 0.138. The molecule has 35 heavy (non-hydrogen) atoms. The van der Waals surface area contributed by atoms with E-state index in [9.17, 15) is 19.2 Å². The minimum Gasteiger partial charge on any atom is -0.349 e. The Morgan fingerprint density at radius 1 is 1.23 bits per heavy atom. The van der Waals surface area contributed by atoms with Crippen molar-refractivity contribution < 1.29 is 19.2 Å². The van der Waals surface area contributed by atoms with Crippen LogP contribution in [0.25, 0.3) is 0 Å². The van der Waals surface area contributed by atoms with Gasteiger partial charge >= 0.3 is 11.8 Å². The van der Waals surface area contributed by atoms with E-state index in [0.717, 1.165) is 30.1 Å². The molecule has 3 rings (SSSR count). The zero-order chi connectivity index (χ0) is 25.7. The third-order valence-electron chi connectivity index (χ3n) is 5.52. The monoisotopic (exact) mass is 521 g/mol. The summed E-state index contributed by atoms with van der Waals surface area (Å²) in [4.78, 5) is 63.2. The number of hydrogen-bond acceptors (Lipinski definition) is 8. The van der Waals surface area contributed by atoms with Crippen molar-refractivity contribution in [3.8, 4) is 0 Å². The van der Waals surface area contributed by atoms with Crippen LogP contribution >= 0.6 is 22.9 Å². The first kappa shape index (κ1) is 26.5. The maximum atomic E-state index is 13.0. The number of amides is 4. The van der Waals surface area contributed by atoms with Crippen molar-refractivity contribution in [3.05, 3.63) is 38.9 Å². The number of hydrogen-bond donors (Lipinski definition) is 3. The second kappa shape index (κ2) is 11.6. The predicted octanol–water partition coefficient (Wildman–Crippen LogP) is 0.757. The third kappa shape index (κ3) is 6.96. The molecule has 3 heterocycles. The SMILES string of the molecule is CC(C(=O)N(C)C)[C@H](CNC(=O)C(=O)Nc1ccc(Cl)cn1)NC(=O)c1nc2c(s1)CN(C)CC2. The zero-order valence-electron chi connectivity index (χ0n) is 19.9. The molecule has 188 valence electrons. The van der Waals surface area contributed by atoms with Crippen molar-refractivity contribution in [2.45, 2.75) is 25.9 Å². The third-order valence-corrected chi connectivity index (χ3v) is 6.83. The van der Waals surface area contributed by atoms with Crippen LogP contribution in [0, 0.1) is 5.92 Å². The van der Waals surface area contributed by atoms with Gasteiger partial charge in [0, 0.05) is 51.2 Å². The number of nitrogens with zero attached hydrogens (tertiary/aromatic N) is 4. The molecule has 3 N–H and O–H groups in total. The highest BCUT2D eigenvalue weighted by Crippen LogP contribution is 2.24. The molecule has 0 aliphatic carbocycles. The lowest BCUT2D eigenvalue weighted by molar-refractivity contribution is -0.136. The molecule has 0 radical (unpaired) electrons. The van der Waals surface area contributed by atoms with Gasteiger partial charge in [0.05, 0.1) is 22.7 Å². The molecule has 11 nitrogen and oxygen atoms in total. The Bertz CT molecular complexity index is 1110. The van der Waals surface area contributed by atoms with Crippen molar-refractivity contribution in [3.63, 3.8) is 0 Å². The Balaban J connectivity index is 1.67. The summed E-state index contributed by atoms with van der Waals surface area (Å²) in [6.45, 7) is 3.11. The molecular formula is C22H28ClN7O4S. The second-order valence-electron chi connectivity index (χ2n) is 8.50. The summed E-state index contributed by atoms with van der Waals surface area (Å²) in [5.74, 6) is -3.05. The average molecular weight is 522 g/mol. The van der Waals surface area contributed by atoms with Gasteiger partial charge in [0.2, 0.25) is 5.91 Å². The van der Waals surface area contributed by atoms with Gasteiger partial charge in [0.1, 0.15) is 5.82 Å². The summed E-state index contributed by atoms with van der Waals surface area (Å²) in [5.41, 5.74) is 0.910. The number of likely N-dealkylation sites (N-methyl/N-ethyl adjacent to an activating group) is 1. The highest BCUT2D eigenvalue weighted by Gasteiger charge is 2.30. The molecule has 2 aromatic rings. The first-order valence-corrected chi connectivity index (χ1v) is 12.1. The van der Waals surface area contributed by atoms with Crippen LogP contribution in [0.4, 0.5) is 5.82 Å². The summed E-state index contributed by atoms with van der Waals surface area (Å²) >= 11 is 7.09. The van der Waals surface area contributed by atoms with Gasteiger partial charge in [-0.25, -0.2) is 9.97 Å². The van der Waals surface area contributed by atoms with Crippen LogP contribution in [-0.2, 0) is 27.3 Å². The lowest BCUT2D eigenvalue weighted by atomic mass is 10.00. The van der Waals surface area contributed by atoms with Crippen LogP contribution < -0.4 is 16.0 Å². The number of nitrogens with one attached hydrogen (secondary N) is 3. The highest BCUT2D eigenvalue weighted by atomic mass is 35.5. The van der Waals surface area contributed by atoms with Gasteiger partial charge in [-0.3, -0.25) is 19.2 Å². The maximum Gasteiger partial charge on any atom is 0.314 e. The summed E-state index contributed by atoms with van der Waals surface area (Å²) < 4.78 is 0. The van der Waals surface area contributed by atoms with Crippen molar-refractivity contribution >= 4 is 52.4 Å². The van der Waals surface area contributed by atoms with E-state index < -0.39 is 29.7 Å². The van der Waals surface area contributed by atoms with E-state index in [4.69, 9.17) is 11.6 Å². The number of carbonyl (C=O) groups is 4. The zero-order valence-corrected chi connectivity index (χ0v) is 21.5. The number of fused-ring (bicyclic) bond motifs is 1. The molecule has 0 bridgehead atoms. The average Bonchev–Trinajstić information content (AvgIpc) is 3.25. The van der Waals surface area contributed by atoms with E-state index in [0.29, 0.717) is 10.0 Å². The van der Waals surface area contributed by atoms with Crippen molar-refractivity contribution in [2.75, 3.05) is 39.5 Å². The van der Waals surface area contributed by atoms with Gasteiger partial charge in [-0.05, 0) is 19.2 Å². The number of rotatable bonds is 7. The van der Waals surface area contributed by atoms with Gasteiger partial charge in [-0.1, -0.05) is 18.5 Å². The molecule has 2 aromatic heterocycles. The summed E-state index contributed by atoms with van der Waals surface area (Å²) in [7, 11) is 5.22. The highest BCUT2D eigenvalue weighted by molar-refractivity contribution is 7.13. The molecule has 0 aromatic carbocycles. The van der Waals surface area contributed by atoms with E-state index in [1.807, 2.05) is 7.05 Å². The van der Waals surface area contributed by atoms with Crippen molar-refractivity contribution in [2.24, 2.45) is 5.92 Å². The van der Waals surface area contributed by atoms with Gasteiger partial charge < -0.3 is 25.8 Å². The topological polar surface area (TPSA) is 137 Å². The summed E-state index contributed by atoms with van der Waals surface area (Å²) in [6.07, 6.45) is 2.10. The molecule has 4 amide bonds. The number of aromatic nitrogens is 2. The molecule has 1 aliphatic rings. The lowest BCUT2D eigenvalue weighted by Crippen LogP contribution is -2.52. The number of pyridine rings is 1. The van der Waals surface area contributed by atoms with Crippen LogP contribution in [-0.4, -0.2) is 83.7 Å². The summed E-state index contributed by atoms with van der Waals surface area (Å²) in [6, 6.07) is 2.21. The van der Waals surface area contributed by atoms with E-state index in [-0.39, 0.29) is 18.3 Å². The van der Waals surface area contributed by atoms with Gasteiger partial charge in [0.15, 0.2) is 5.01 Å². The number of carbonyl (C=O) groups excluding carboxylic acids is 4. The Hall–Kier alpha value is -3.09. The Labute approximate surface area is 212 Å². The number of halogens is 1. The molecule has 0 spiro atoms. The van der Waals surface area contributed by atoms with E-state index in [1.165, 1.54) is 34.6 Å². The van der Waals surface area contributed by atoms with Crippen LogP contribution in [0.2, 0.25) is 5.02 Å². The van der Waals surface area contributed by atoms with Crippen LogP contribution in [0.15, 0.2) is 18.3 Å². The quantitative estimate of drug-likeness (QED) is 0.457. The molecule has 1 unspecified atom stereocenters. The Morgan fingerprint density at radius 2 is 1.97 bits per heavy atom. The van der Waals surface area contributed by atoms with Crippen LogP contribution in [0.3, 0.4) is 0 Å². The number of thiazole rings is 1. The van der Waals surface area contributed by atoms with Gasteiger partial charge in [0.25, 0.3) is 5.91 Å². The van der Waals surface area contributed by atoms with Crippen LogP contribution in [0.1, 0.15) is 27.3 Å². The summed E-state index contributed by atoms with van der Waals surface area (Å²) in [5, 5.41) is 8.36. The molecule has 0 fully saturated rings. The first-order chi connectivity index (χ1) is 16.5. The largest absolute Gasteiger partial charge is 0.349 e.